The minimum atomic E-state index is 0.00582. The smallest absolute Gasteiger partial charge is 0.226 e. The van der Waals surface area contributed by atoms with Crippen molar-refractivity contribution in [2.45, 2.75) is 58.2 Å². The van der Waals surface area contributed by atoms with E-state index in [-0.39, 0.29) is 12.0 Å². The number of carbonyl (C=O) groups is 1. The lowest BCUT2D eigenvalue weighted by atomic mass is 9.88. The van der Waals surface area contributed by atoms with E-state index in [1.165, 1.54) is 19.3 Å². The molecule has 1 fully saturated rings. The van der Waals surface area contributed by atoms with Crippen molar-refractivity contribution in [2.75, 3.05) is 13.7 Å². The molecule has 2 aliphatic rings. The molecule has 1 atom stereocenters. The lowest BCUT2D eigenvalue weighted by Gasteiger charge is -2.36. The SMILES string of the molecule is COCc1nnc2n1CCN(C(=O)C1CCCCC1)C2C. The van der Waals surface area contributed by atoms with Crippen molar-refractivity contribution in [3.63, 3.8) is 0 Å². The molecule has 6 nitrogen and oxygen atoms in total. The number of fused-ring (bicyclic) bond motifs is 1. The number of methoxy groups -OCH3 is 1. The van der Waals surface area contributed by atoms with Crippen LogP contribution in [0.5, 0.6) is 0 Å². The van der Waals surface area contributed by atoms with E-state index in [0.29, 0.717) is 12.5 Å². The second-order valence-electron chi connectivity index (χ2n) is 6.10. The number of amides is 1. The molecule has 1 saturated carbocycles. The minimum Gasteiger partial charge on any atom is -0.377 e. The largest absolute Gasteiger partial charge is 0.377 e. The quantitative estimate of drug-likeness (QED) is 0.854. The molecular weight excluding hydrogens is 268 g/mol. The van der Waals surface area contributed by atoms with Crippen LogP contribution in [-0.2, 0) is 22.7 Å². The van der Waals surface area contributed by atoms with Gasteiger partial charge >= 0.3 is 0 Å². The average molecular weight is 292 g/mol. The average Bonchev–Trinajstić information content (AvgIpc) is 2.92. The van der Waals surface area contributed by atoms with Gasteiger partial charge in [0.1, 0.15) is 6.61 Å². The molecule has 0 saturated heterocycles. The van der Waals surface area contributed by atoms with Gasteiger partial charge in [0.2, 0.25) is 5.91 Å². The van der Waals surface area contributed by atoms with Crippen molar-refractivity contribution in [2.24, 2.45) is 5.92 Å². The Kier molecular flexibility index (Phi) is 4.24. The second kappa shape index (κ2) is 6.13. The van der Waals surface area contributed by atoms with Crippen LogP contribution in [0, 0.1) is 5.92 Å². The summed E-state index contributed by atoms with van der Waals surface area (Å²) < 4.78 is 7.25. The van der Waals surface area contributed by atoms with Crippen LogP contribution >= 0.6 is 0 Å². The first kappa shape index (κ1) is 14.5. The van der Waals surface area contributed by atoms with Crippen molar-refractivity contribution in [1.29, 1.82) is 0 Å². The number of hydrogen-bond acceptors (Lipinski definition) is 4. The predicted octanol–water partition coefficient (Wildman–Crippen LogP) is 1.91. The van der Waals surface area contributed by atoms with E-state index in [1.807, 2.05) is 4.90 Å². The lowest BCUT2D eigenvalue weighted by Crippen LogP contribution is -2.44. The first-order chi connectivity index (χ1) is 10.2. The molecule has 3 rings (SSSR count). The fourth-order valence-electron chi connectivity index (χ4n) is 3.56. The predicted molar refractivity (Wildman–Crippen MR) is 77.4 cm³/mol. The molecule has 0 N–H and O–H groups in total. The van der Waals surface area contributed by atoms with Crippen molar-refractivity contribution in [3.05, 3.63) is 11.6 Å². The molecule has 0 radical (unpaired) electrons. The Morgan fingerprint density at radius 1 is 1.24 bits per heavy atom. The molecule has 1 aromatic heterocycles. The molecule has 0 spiro atoms. The van der Waals surface area contributed by atoms with Crippen molar-refractivity contribution < 1.29 is 9.53 Å². The van der Waals surface area contributed by atoms with E-state index >= 15 is 0 Å². The van der Waals surface area contributed by atoms with E-state index in [1.54, 1.807) is 7.11 Å². The first-order valence-corrected chi connectivity index (χ1v) is 7.93. The summed E-state index contributed by atoms with van der Waals surface area (Å²) >= 11 is 0. The summed E-state index contributed by atoms with van der Waals surface area (Å²) in [6.45, 7) is 4.04. The summed E-state index contributed by atoms with van der Waals surface area (Å²) in [6, 6.07) is 0.00582. The molecule has 6 heteroatoms. The molecule has 1 aromatic rings. The van der Waals surface area contributed by atoms with Gasteiger partial charge in [-0.1, -0.05) is 19.3 Å². The number of aromatic nitrogens is 3. The van der Waals surface area contributed by atoms with Crippen LogP contribution in [-0.4, -0.2) is 39.2 Å². The fourth-order valence-corrected chi connectivity index (χ4v) is 3.56. The van der Waals surface area contributed by atoms with Gasteiger partial charge in [-0.3, -0.25) is 4.79 Å². The molecule has 1 aliphatic heterocycles. The molecule has 1 aliphatic carbocycles. The first-order valence-electron chi connectivity index (χ1n) is 7.93. The Bertz CT molecular complexity index is 508. The molecule has 2 heterocycles. The normalized spacial score (nSPS) is 23.1. The van der Waals surface area contributed by atoms with Crippen LogP contribution in [0.2, 0.25) is 0 Å². The number of rotatable bonds is 3. The highest BCUT2D eigenvalue weighted by Crippen LogP contribution is 2.31. The summed E-state index contributed by atoms with van der Waals surface area (Å²) in [6.07, 6.45) is 5.74. The third-order valence-corrected chi connectivity index (χ3v) is 4.77. The van der Waals surface area contributed by atoms with Crippen LogP contribution in [0.15, 0.2) is 0 Å². The fraction of sp³-hybridized carbons (Fsp3) is 0.800. The highest BCUT2D eigenvalue weighted by Gasteiger charge is 2.34. The maximum absolute atomic E-state index is 12.7. The van der Waals surface area contributed by atoms with E-state index < -0.39 is 0 Å². The van der Waals surface area contributed by atoms with Crippen LogP contribution in [0.25, 0.3) is 0 Å². The lowest BCUT2D eigenvalue weighted by molar-refractivity contribution is -0.140. The Hall–Kier alpha value is -1.43. The van der Waals surface area contributed by atoms with Gasteiger partial charge in [-0.25, -0.2) is 0 Å². The van der Waals surface area contributed by atoms with Gasteiger partial charge in [-0.2, -0.15) is 0 Å². The number of nitrogens with zero attached hydrogens (tertiary/aromatic N) is 4. The van der Waals surface area contributed by atoms with Crippen LogP contribution < -0.4 is 0 Å². The van der Waals surface area contributed by atoms with E-state index in [9.17, 15) is 4.79 Å². The maximum Gasteiger partial charge on any atom is 0.226 e. The summed E-state index contributed by atoms with van der Waals surface area (Å²) in [5.74, 6) is 2.26. The highest BCUT2D eigenvalue weighted by atomic mass is 16.5. The molecule has 1 amide bonds. The van der Waals surface area contributed by atoms with E-state index in [2.05, 4.69) is 21.7 Å². The zero-order chi connectivity index (χ0) is 14.8. The number of hydrogen-bond donors (Lipinski definition) is 0. The maximum atomic E-state index is 12.7. The van der Waals surface area contributed by atoms with Crippen LogP contribution in [0.4, 0.5) is 0 Å². The number of carbonyl (C=O) groups excluding carboxylic acids is 1. The van der Waals surface area contributed by atoms with Gasteiger partial charge in [0, 0.05) is 26.1 Å². The summed E-state index contributed by atoms with van der Waals surface area (Å²) in [7, 11) is 1.66. The zero-order valence-corrected chi connectivity index (χ0v) is 12.9. The molecule has 116 valence electrons. The summed E-state index contributed by atoms with van der Waals surface area (Å²) in [5.41, 5.74) is 0. The second-order valence-corrected chi connectivity index (χ2v) is 6.10. The van der Waals surface area contributed by atoms with Gasteiger partial charge in [0.15, 0.2) is 11.6 Å². The third kappa shape index (κ3) is 2.69. The molecule has 0 aromatic carbocycles. The van der Waals surface area contributed by atoms with Gasteiger partial charge in [-0.15, -0.1) is 10.2 Å². The van der Waals surface area contributed by atoms with Crippen molar-refractivity contribution in [1.82, 2.24) is 19.7 Å². The topological polar surface area (TPSA) is 60.3 Å². The Labute approximate surface area is 125 Å². The van der Waals surface area contributed by atoms with Gasteiger partial charge in [0.25, 0.3) is 0 Å². The summed E-state index contributed by atoms with van der Waals surface area (Å²) in [5, 5.41) is 8.47. The Morgan fingerprint density at radius 3 is 2.71 bits per heavy atom. The van der Waals surface area contributed by atoms with E-state index in [4.69, 9.17) is 4.74 Å². The minimum absolute atomic E-state index is 0.00582. The standard InChI is InChI=1S/C15H24N4O2/c1-11-14-17-16-13(10-21-2)19(14)9-8-18(11)15(20)12-6-4-3-5-7-12/h11-12H,3-10H2,1-2H3. The Balaban J connectivity index is 1.75. The van der Waals surface area contributed by atoms with Crippen molar-refractivity contribution in [3.8, 4) is 0 Å². The highest BCUT2D eigenvalue weighted by molar-refractivity contribution is 5.79. The zero-order valence-electron chi connectivity index (χ0n) is 12.9. The molecular formula is C15H24N4O2. The van der Waals surface area contributed by atoms with Crippen LogP contribution in [0.3, 0.4) is 0 Å². The van der Waals surface area contributed by atoms with Crippen LogP contribution in [0.1, 0.15) is 56.7 Å². The van der Waals surface area contributed by atoms with Gasteiger partial charge in [-0.05, 0) is 19.8 Å². The third-order valence-electron chi connectivity index (χ3n) is 4.77. The van der Waals surface area contributed by atoms with Gasteiger partial charge in [0.05, 0.1) is 6.04 Å². The molecule has 1 unspecified atom stereocenters. The molecule has 21 heavy (non-hydrogen) atoms. The Morgan fingerprint density at radius 2 is 2.00 bits per heavy atom. The molecule has 0 bridgehead atoms. The van der Waals surface area contributed by atoms with Gasteiger partial charge < -0.3 is 14.2 Å². The monoisotopic (exact) mass is 292 g/mol. The summed E-state index contributed by atoms with van der Waals surface area (Å²) in [4.78, 5) is 14.7. The number of ether oxygens (including phenoxy) is 1. The van der Waals surface area contributed by atoms with E-state index in [0.717, 1.165) is 37.6 Å². The van der Waals surface area contributed by atoms with Crippen molar-refractivity contribution >= 4 is 5.91 Å².